The lowest BCUT2D eigenvalue weighted by Gasteiger charge is -2.21. The molecule has 0 heterocycles. The molecule has 0 spiro atoms. The Balaban J connectivity index is 0.00000484. The number of nitro benzene ring substituents is 1. The Labute approximate surface area is 142 Å². The van der Waals surface area contributed by atoms with E-state index in [0.29, 0.717) is 18.1 Å². The topological polar surface area (TPSA) is 108 Å². The predicted molar refractivity (Wildman–Crippen MR) is 90.5 cm³/mol. The molecule has 23 heavy (non-hydrogen) atoms. The van der Waals surface area contributed by atoms with Gasteiger partial charge < -0.3 is 20.3 Å². The molecule has 0 unspecified atom stereocenters. The molecule has 0 fully saturated rings. The number of nitrogens with two attached hydrogens (primary N) is 1. The van der Waals surface area contributed by atoms with Gasteiger partial charge in [0, 0.05) is 0 Å². The highest BCUT2D eigenvalue weighted by molar-refractivity contribution is 5.85. The number of hydrogen-bond donors (Lipinski definition) is 2. The molecule has 8 heteroatoms. The normalized spacial score (nSPS) is 13.2. The van der Waals surface area contributed by atoms with E-state index in [9.17, 15) is 15.2 Å². The summed E-state index contributed by atoms with van der Waals surface area (Å²) < 4.78 is 10.2. The van der Waals surface area contributed by atoms with Gasteiger partial charge >= 0.3 is 0 Å². The molecule has 7 nitrogen and oxygen atoms in total. The Kier molecular flexibility index (Phi) is 8.89. The van der Waals surface area contributed by atoms with Gasteiger partial charge in [-0.25, -0.2) is 0 Å². The van der Waals surface area contributed by atoms with Gasteiger partial charge in [0.15, 0.2) is 11.5 Å². The fraction of sp³-hybridized carbons (Fsp3) is 0.600. The Morgan fingerprint density at radius 2 is 1.74 bits per heavy atom. The van der Waals surface area contributed by atoms with Gasteiger partial charge in [0.2, 0.25) is 0 Å². The van der Waals surface area contributed by atoms with Gasteiger partial charge in [-0.05, 0) is 24.8 Å². The lowest BCUT2D eigenvalue weighted by molar-refractivity contribution is -0.385. The number of benzene rings is 1. The monoisotopic (exact) mass is 348 g/mol. The molecule has 1 aromatic rings. The summed E-state index contributed by atoms with van der Waals surface area (Å²) in [4.78, 5) is 10.7. The molecule has 0 saturated carbocycles. The molecule has 0 aliphatic rings. The van der Waals surface area contributed by atoms with Gasteiger partial charge in [0.25, 0.3) is 5.69 Å². The van der Waals surface area contributed by atoms with E-state index in [0.717, 1.165) is 6.42 Å². The highest BCUT2D eigenvalue weighted by Crippen LogP contribution is 2.38. The number of hydrogen-bond acceptors (Lipinski definition) is 6. The van der Waals surface area contributed by atoms with Crippen molar-refractivity contribution >= 4 is 18.1 Å². The zero-order chi connectivity index (χ0) is 16.9. The van der Waals surface area contributed by atoms with Crippen LogP contribution in [0, 0.1) is 16.0 Å². The third-order valence-electron chi connectivity index (χ3n) is 3.54. The number of halogens is 1. The number of aliphatic hydroxyl groups is 1. The molecule has 0 aliphatic carbocycles. The summed E-state index contributed by atoms with van der Waals surface area (Å²) in [5.41, 5.74) is 6.08. The van der Waals surface area contributed by atoms with Crippen LogP contribution in [0.1, 0.15) is 38.3 Å². The van der Waals surface area contributed by atoms with Crippen molar-refractivity contribution in [2.75, 3.05) is 14.2 Å². The molecule has 3 N–H and O–H groups in total. The van der Waals surface area contributed by atoms with Crippen LogP contribution < -0.4 is 15.2 Å². The van der Waals surface area contributed by atoms with E-state index in [4.69, 9.17) is 15.2 Å². The number of nitrogens with zero attached hydrogens (tertiary/aromatic N) is 1. The summed E-state index contributed by atoms with van der Waals surface area (Å²) in [6, 6.07) is 1.86. The van der Waals surface area contributed by atoms with Gasteiger partial charge in [-0.15, -0.1) is 12.4 Å². The van der Waals surface area contributed by atoms with Crippen molar-refractivity contribution in [1.82, 2.24) is 0 Å². The van der Waals surface area contributed by atoms with Crippen molar-refractivity contribution in [1.29, 1.82) is 0 Å². The summed E-state index contributed by atoms with van der Waals surface area (Å²) in [6.45, 7) is 4.08. The second kappa shape index (κ2) is 9.54. The van der Waals surface area contributed by atoms with Gasteiger partial charge in [0.05, 0.1) is 42.9 Å². The Hall–Kier alpha value is -1.57. The van der Waals surface area contributed by atoms with Crippen molar-refractivity contribution in [3.05, 3.63) is 27.8 Å². The summed E-state index contributed by atoms with van der Waals surface area (Å²) in [7, 11) is 2.84. The van der Waals surface area contributed by atoms with Crippen molar-refractivity contribution in [3.63, 3.8) is 0 Å². The smallest absolute Gasteiger partial charge is 0.278 e. The van der Waals surface area contributed by atoms with Gasteiger partial charge in [-0.2, -0.15) is 0 Å². The SMILES string of the molecule is COc1cc([C@@H](N)[C@@H](O)CCC(C)C)c([N+](=O)[O-])cc1OC.Cl. The second-order valence-corrected chi connectivity index (χ2v) is 5.59. The Morgan fingerprint density at radius 3 is 2.17 bits per heavy atom. The molecule has 1 rings (SSSR count). The molecule has 0 aromatic heterocycles. The molecule has 132 valence electrons. The van der Waals surface area contributed by atoms with E-state index in [-0.39, 0.29) is 29.4 Å². The number of methoxy groups -OCH3 is 2. The maximum absolute atomic E-state index is 11.3. The van der Waals surface area contributed by atoms with Crippen LogP contribution in [-0.2, 0) is 0 Å². The standard InChI is InChI=1S/C15H24N2O5.ClH/c1-9(2)5-6-12(18)15(16)10-7-13(21-3)14(22-4)8-11(10)17(19)20;/h7-9,12,15,18H,5-6,16H2,1-4H3;1H/t12-,15+;/m0./s1. The third kappa shape index (κ3) is 5.53. The van der Waals surface area contributed by atoms with Gasteiger partial charge in [0.1, 0.15) is 0 Å². The van der Waals surface area contributed by atoms with Crippen LogP contribution in [0.5, 0.6) is 11.5 Å². The van der Waals surface area contributed by atoms with Crippen molar-refractivity contribution in [2.24, 2.45) is 11.7 Å². The number of rotatable bonds is 8. The molecular formula is C15H25ClN2O5. The average Bonchev–Trinajstić information content (AvgIpc) is 2.50. The van der Waals surface area contributed by atoms with Crippen LogP contribution in [0.4, 0.5) is 5.69 Å². The lowest BCUT2D eigenvalue weighted by Crippen LogP contribution is -2.27. The van der Waals surface area contributed by atoms with Crippen LogP contribution in [0.25, 0.3) is 0 Å². The first kappa shape index (κ1) is 21.4. The molecule has 2 atom stereocenters. The average molecular weight is 349 g/mol. The van der Waals surface area contributed by atoms with Crippen molar-refractivity contribution in [2.45, 2.75) is 38.8 Å². The first-order chi connectivity index (χ1) is 10.3. The minimum absolute atomic E-state index is 0. The van der Waals surface area contributed by atoms with Crippen LogP contribution in [0.3, 0.4) is 0 Å². The number of aliphatic hydroxyl groups excluding tert-OH is 1. The zero-order valence-electron chi connectivity index (χ0n) is 13.8. The van der Waals surface area contributed by atoms with Crippen LogP contribution in [0.15, 0.2) is 12.1 Å². The molecule has 0 bridgehead atoms. The molecule has 0 aliphatic heterocycles. The molecule has 0 amide bonds. The third-order valence-corrected chi connectivity index (χ3v) is 3.54. The second-order valence-electron chi connectivity index (χ2n) is 5.59. The highest BCUT2D eigenvalue weighted by Gasteiger charge is 2.27. The largest absolute Gasteiger partial charge is 0.493 e. The number of nitro groups is 1. The van der Waals surface area contributed by atoms with Gasteiger partial charge in [-0.1, -0.05) is 13.8 Å². The maximum atomic E-state index is 11.3. The summed E-state index contributed by atoms with van der Waals surface area (Å²) in [5.74, 6) is 1.01. The lowest BCUT2D eigenvalue weighted by atomic mass is 9.94. The fourth-order valence-corrected chi connectivity index (χ4v) is 2.20. The zero-order valence-corrected chi connectivity index (χ0v) is 14.6. The van der Waals surface area contributed by atoms with Gasteiger partial charge in [-0.3, -0.25) is 10.1 Å². The van der Waals surface area contributed by atoms with E-state index in [1.807, 2.05) is 13.8 Å². The Morgan fingerprint density at radius 1 is 1.22 bits per heavy atom. The van der Waals surface area contributed by atoms with E-state index in [1.165, 1.54) is 26.4 Å². The summed E-state index contributed by atoms with van der Waals surface area (Å²) in [6.07, 6.45) is 0.402. The summed E-state index contributed by atoms with van der Waals surface area (Å²) in [5, 5.41) is 21.5. The summed E-state index contributed by atoms with van der Waals surface area (Å²) >= 11 is 0. The first-order valence-corrected chi connectivity index (χ1v) is 7.15. The first-order valence-electron chi connectivity index (χ1n) is 7.15. The number of ether oxygens (including phenoxy) is 2. The van der Waals surface area contributed by atoms with Crippen LogP contribution in [-0.4, -0.2) is 30.4 Å². The van der Waals surface area contributed by atoms with E-state index >= 15 is 0 Å². The molecule has 0 saturated heterocycles. The predicted octanol–water partition coefficient (Wildman–Crippen LogP) is 2.83. The van der Waals surface area contributed by atoms with E-state index < -0.39 is 17.1 Å². The van der Waals surface area contributed by atoms with E-state index in [1.54, 1.807) is 0 Å². The maximum Gasteiger partial charge on any atom is 0.278 e. The molecular weight excluding hydrogens is 324 g/mol. The molecule has 0 radical (unpaired) electrons. The van der Waals surface area contributed by atoms with Crippen LogP contribution in [0.2, 0.25) is 0 Å². The minimum Gasteiger partial charge on any atom is -0.493 e. The minimum atomic E-state index is -0.862. The van der Waals surface area contributed by atoms with Crippen molar-refractivity contribution < 1.29 is 19.5 Å². The van der Waals surface area contributed by atoms with Crippen molar-refractivity contribution in [3.8, 4) is 11.5 Å². The Bertz CT molecular complexity index is 525. The van der Waals surface area contributed by atoms with Crippen LogP contribution >= 0.6 is 12.4 Å². The van der Waals surface area contributed by atoms with E-state index in [2.05, 4.69) is 0 Å². The molecule has 1 aromatic carbocycles. The highest BCUT2D eigenvalue weighted by atomic mass is 35.5. The quantitative estimate of drug-likeness (QED) is 0.552. The fourth-order valence-electron chi connectivity index (χ4n) is 2.20.